The number of benzene rings is 3. The molecule has 2 amide bonds. The van der Waals surface area contributed by atoms with Crippen LogP contribution in [0.25, 0.3) is 0 Å². The zero-order valence-corrected chi connectivity index (χ0v) is 21.0. The van der Waals surface area contributed by atoms with Crippen molar-refractivity contribution in [3.05, 3.63) is 94.5 Å². The number of hydrogen-bond donors (Lipinski definition) is 2. The topological polar surface area (TPSA) is 64.7 Å². The van der Waals surface area contributed by atoms with Gasteiger partial charge in [-0.1, -0.05) is 41.4 Å². The highest BCUT2D eigenvalue weighted by Crippen LogP contribution is 2.20. The van der Waals surface area contributed by atoms with Crippen LogP contribution in [-0.4, -0.2) is 48.0 Å². The smallest absolute Gasteiger partial charge is 0.253 e. The van der Waals surface area contributed by atoms with Crippen LogP contribution in [0.2, 0.25) is 5.02 Å². The molecule has 8 heteroatoms. The van der Waals surface area contributed by atoms with E-state index in [0.717, 1.165) is 41.2 Å². The van der Waals surface area contributed by atoms with E-state index in [0.29, 0.717) is 18.1 Å². The summed E-state index contributed by atoms with van der Waals surface area (Å²) in [6.45, 7) is 4.90. The first-order valence-corrected chi connectivity index (χ1v) is 12.2. The van der Waals surface area contributed by atoms with Crippen LogP contribution in [0.3, 0.4) is 0 Å². The molecule has 4 rings (SSSR count). The van der Waals surface area contributed by atoms with Gasteiger partial charge >= 0.3 is 0 Å². The summed E-state index contributed by atoms with van der Waals surface area (Å²) in [6.07, 6.45) is 0.219. The van der Waals surface area contributed by atoms with E-state index < -0.39 is 0 Å². The summed E-state index contributed by atoms with van der Waals surface area (Å²) in [6, 6.07) is 22.7. The predicted molar refractivity (Wildman–Crippen MR) is 145 cm³/mol. The minimum Gasteiger partial charge on any atom is -0.368 e. The second kappa shape index (κ2) is 11.3. The van der Waals surface area contributed by atoms with Gasteiger partial charge in [0.05, 0.1) is 6.42 Å². The van der Waals surface area contributed by atoms with Crippen molar-refractivity contribution in [3.63, 3.8) is 0 Å². The first-order valence-electron chi connectivity index (χ1n) is 11.4. The van der Waals surface area contributed by atoms with Gasteiger partial charge in [0.15, 0.2) is 5.11 Å². The summed E-state index contributed by atoms with van der Waals surface area (Å²) in [7, 11) is 0. The Kier molecular flexibility index (Phi) is 8.00. The zero-order chi connectivity index (χ0) is 24.8. The Hall–Kier alpha value is -3.42. The molecule has 35 heavy (non-hydrogen) atoms. The fourth-order valence-electron chi connectivity index (χ4n) is 3.92. The highest BCUT2D eigenvalue weighted by atomic mass is 35.5. The lowest BCUT2D eigenvalue weighted by molar-refractivity contribution is -0.119. The van der Waals surface area contributed by atoms with Crippen LogP contribution in [0.5, 0.6) is 0 Å². The number of hydrogen-bond acceptors (Lipinski definition) is 4. The monoisotopic (exact) mass is 506 g/mol. The number of halogens is 1. The summed E-state index contributed by atoms with van der Waals surface area (Å²) in [5.74, 6) is -0.115. The predicted octanol–water partition coefficient (Wildman–Crippen LogP) is 4.67. The van der Waals surface area contributed by atoms with Crippen molar-refractivity contribution in [1.29, 1.82) is 0 Å². The fourth-order valence-corrected chi connectivity index (χ4v) is 4.28. The Morgan fingerprint density at radius 2 is 1.51 bits per heavy atom. The van der Waals surface area contributed by atoms with E-state index in [1.54, 1.807) is 12.1 Å². The molecule has 2 N–H and O–H groups in total. The van der Waals surface area contributed by atoms with E-state index in [-0.39, 0.29) is 23.3 Å². The molecule has 0 radical (unpaired) electrons. The summed E-state index contributed by atoms with van der Waals surface area (Å²) >= 11 is 11.2. The molecule has 0 aliphatic carbocycles. The van der Waals surface area contributed by atoms with E-state index in [1.165, 1.54) is 0 Å². The van der Waals surface area contributed by atoms with E-state index in [4.69, 9.17) is 23.8 Å². The highest BCUT2D eigenvalue weighted by Gasteiger charge is 2.22. The highest BCUT2D eigenvalue weighted by molar-refractivity contribution is 7.80. The van der Waals surface area contributed by atoms with Crippen LogP contribution in [0, 0.1) is 6.92 Å². The third-order valence-corrected chi connectivity index (χ3v) is 6.34. The molecule has 3 aromatic rings. The molecule has 0 saturated carbocycles. The van der Waals surface area contributed by atoms with Gasteiger partial charge in [-0.15, -0.1) is 0 Å². The quantitative estimate of drug-likeness (QED) is 0.492. The van der Waals surface area contributed by atoms with Crippen LogP contribution in [0.1, 0.15) is 21.5 Å². The van der Waals surface area contributed by atoms with E-state index in [1.807, 2.05) is 72.5 Å². The molecular weight excluding hydrogens is 480 g/mol. The standard InChI is InChI=1S/C27H27ClN4O2S/c1-19-2-6-21(7-3-19)26(34)32-16-14-31(15-17-32)24-12-10-23(11-13-24)29-27(35)30-25(33)18-20-4-8-22(28)9-5-20/h2-13H,14-18H2,1H3,(H2,29,30,33,35). The molecule has 1 aliphatic rings. The Morgan fingerprint density at radius 3 is 2.14 bits per heavy atom. The average Bonchev–Trinajstić information content (AvgIpc) is 2.86. The van der Waals surface area contributed by atoms with Crippen LogP contribution in [-0.2, 0) is 11.2 Å². The van der Waals surface area contributed by atoms with Gasteiger partial charge in [0.1, 0.15) is 0 Å². The summed E-state index contributed by atoms with van der Waals surface area (Å²) in [5.41, 5.74) is 4.61. The third kappa shape index (κ3) is 6.81. The number of carbonyl (C=O) groups is 2. The molecule has 1 fully saturated rings. The van der Waals surface area contributed by atoms with E-state index in [2.05, 4.69) is 15.5 Å². The molecular formula is C27H27ClN4O2S. The average molecular weight is 507 g/mol. The number of carbonyl (C=O) groups excluding carboxylic acids is 2. The van der Waals surface area contributed by atoms with E-state index >= 15 is 0 Å². The lowest BCUT2D eigenvalue weighted by Gasteiger charge is -2.36. The maximum Gasteiger partial charge on any atom is 0.253 e. The largest absolute Gasteiger partial charge is 0.368 e. The van der Waals surface area contributed by atoms with Crippen molar-refractivity contribution in [1.82, 2.24) is 10.2 Å². The van der Waals surface area contributed by atoms with Gasteiger partial charge in [-0.2, -0.15) is 0 Å². The van der Waals surface area contributed by atoms with Crippen molar-refractivity contribution in [3.8, 4) is 0 Å². The van der Waals surface area contributed by atoms with Crippen LogP contribution in [0.4, 0.5) is 11.4 Å². The first kappa shape index (κ1) is 24.7. The van der Waals surface area contributed by atoms with E-state index in [9.17, 15) is 9.59 Å². The number of nitrogens with zero attached hydrogens (tertiary/aromatic N) is 2. The van der Waals surface area contributed by atoms with Crippen molar-refractivity contribution < 1.29 is 9.59 Å². The molecule has 3 aromatic carbocycles. The molecule has 0 spiro atoms. The zero-order valence-electron chi connectivity index (χ0n) is 19.5. The number of rotatable bonds is 5. The third-order valence-electron chi connectivity index (χ3n) is 5.89. The van der Waals surface area contributed by atoms with Gasteiger partial charge in [-0.25, -0.2) is 0 Å². The Labute approximate surface area is 215 Å². The minimum absolute atomic E-state index is 0.0795. The second-order valence-corrected chi connectivity index (χ2v) is 9.34. The number of nitrogens with one attached hydrogen (secondary N) is 2. The summed E-state index contributed by atoms with van der Waals surface area (Å²) < 4.78 is 0. The second-order valence-electron chi connectivity index (χ2n) is 8.50. The Morgan fingerprint density at radius 1 is 0.886 bits per heavy atom. The van der Waals surface area contributed by atoms with Crippen LogP contribution in [0.15, 0.2) is 72.8 Å². The van der Waals surface area contributed by atoms with Gasteiger partial charge in [-0.3, -0.25) is 9.59 Å². The lowest BCUT2D eigenvalue weighted by Crippen LogP contribution is -2.48. The number of amides is 2. The first-order chi connectivity index (χ1) is 16.9. The van der Waals surface area contributed by atoms with Gasteiger partial charge in [-0.05, 0) is 73.2 Å². The van der Waals surface area contributed by atoms with Gasteiger partial charge in [0, 0.05) is 48.1 Å². The maximum absolute atomic E-state index is 12.7. The molecule has 0 bridgehead atoms. The number of aryl methyl sites for hydroxylation is 1. The number of thiocarbonyl (C=S) groups is 1. The van der Waals surface area contributed by atoms with Crippen LogP contribution >= 0.6 is 23.8 Å². The van der Waals surface area contributed by atoms with Crippen molar-refractivity contribution in [2.45, 2.75) is 13.3 Å². The Bertz CT molecular complexity index is 1190. The van der Waals surface area contributed by atoms with Crippen LogP contribution < -0.4 is 15.5 Å². The molecule has 180 valence electrons. The number of piperazine rings is 1. The van der Waals surface area contributed by atoms with Crippen molar-refractivity contribution >= 4 is 52.1 Å². The molecule has 1 saturated heterocycles. The molecule has 6 nitrogen and oxygen atoms in total. The SMILES string of the molecule is Cc1ccc(C(=O)N2CCN(c3ccc(NC(=S)NC(=O)Cc4ccc(Cl)cc4)cc3)CC2)cc1. The summed E-state index contributed by atoms with van der Waals surface area (Å²) in [4.78, 5) is 29.1. The normalized spacial score (nSPS) is 13.3. The fraction of sp³-hybridized carbons (Fsp3) is 0.222. The molecule has 0 atom stereocenters. The minimum atomic E-state index is -0.195. The molecule has 1 aliphatic heterocycles. The van der Waals surface area contributed by atoms with Gasteiger partial charge < -0.3 is 20.4 Å². The maximum atomic E-state index is 12.7. The van der Waals surface area contributed by atoms with Crippen molar-refractivity contribution in [2.75, 3.05) is 36.4 Å². The summed E-state index contributed by atoms with van der Waals surface area (Å²) in [5, 5.41) is 6.63. The molecule has 0 unspecified atom stereocenters. The molecule has 1 heterocycles. The van der Waals surface area contributed by atoms with Gasteiger partial charge in [0.2, 0.25) is 5.91 Å². The van der Waals surface area contributed by atoms with Crippen molar-refractivity contribution in [2.24, 2.45) is 0 Å². The Balaban J connectivity index is 1.24. The van der Waals surface area contributed by atoms with Gasteiger partial charge in [0.25, 0.3) is 5.91 Å². The number of anilines is 2. The lowest BCUT2D eigenvalue weighted by atomic mass is 10.1. The molecule has 0 aromatic heterocycles.